The Morgan fingerprint density at radius 2 is 1.97 bits per heavy atom. The maximum absolute atomic E-state index is 12.9. The highest BCUT2D eigenvalue weighted by atomic mass is 79.9. The van der Waals surface area contributed by atoms with Gasteiger partial charge in [-0.1, -0.05) is 53.8 Å². The highest BCUT2D eigenvalue weighted by molar-refractivity contribution is 9.10. The van der Waals surface area contributed by atoms with Gasteiger partial charge in [-0.2, -0.15) is 0 Å². The van der Waals surface area contributed by atoms with Crippen LogP contribution in [0.4, 0.5) is 0 Å². The first-order chi connectivity index (χ1) is 14.4. The van der Waals surface area contributed by atoms with Crippen LogP contribution in [-0.2, 0) is 11.3 Å². The van der Waals surface area contributed by atoms with Crippen molar-refractivity contribution in [3.8, 4) is 17.1 Å². The summed E-state index contributed by atoms with van der Waals surface area (Å²) >= 11 is 16.2. The molecule has 0 bridgehead atoms. The number of furan rings is 1. The SMILES string of the molecule is COc1ccc(CN2C(=O)C(=Cc3ccc(-c4ccc(Br)c(Cl)c4)o3)SC2=S)cc1. The summed E-state index contributed by atoms with van der Waals surface area (Å²) in [6.45, 7) is 0.410. The molecule has 0 saturated carbocycles. The molecule has 152 valence electrons. The Morgan fingerprint density at radius 1 is 1.20 bits per heavy atom. The van der Waals surface area contributed by atoms with E-state index in [0.717, 1.165) is 21.3 Å². The van der Waals surface area contributed by atoms with Gasteiger partial charge in [0.1, 0.15) is 21.6 Å². The van der Waals surface area contributed by atoms with Crippen LogP contribution in [0.2, 0.25) is 5.02 Å². The van der Waals surface area contributed by atoms with E-state index in [2.05, 4.69) is 15.9 Å². The fourth-order valence-electron chi connectivity index (χ4n) is 2.91. The second-order valence-corrected chi connectivity index (χ2v) is 9.38. The first-order valence-electron chi connectivity index (χ1n) is 8.88. The van der Waals surface area contributed by atoms with E-state index >= 15 is 0 Å². The summed E-state index contributed by atoms with van der Waals surface area (Å²) in [6, 6.07) is 16.8. The summed E-state index contributed by atoms with van der Waals surface area (Å²) in [5, 5.41) is 0.602. The molecule has 8 heteroatoms. The number of nitrogens with zero attached hydrogens (tertiary/aromatic N) is 1. The van der Waals surface area contributed by atoms with Gasteiger partial charge in [0.05, 0.1) is 23.6 Å². The Kier molecular flexibility index (Phi) is 6.34. The number of hydrogen-bond donors (Lipinski definition) is 0. The number of thiocarbonyl (C=S) groups is 1. The van der Waals surface area contributed by atoms with Gasteiger partial charge < -0.3 is 9.15 Å². The number of ether oxygens (including phenoxy) is 1. The fourth-order valence-corrected chi connectivity index (χ4v) is 4.58. The lowest BCUT2D eigenvalue weighted by Crippen LogP contribution is -2.27. The Morgan fingerprint density at radius 3 is 2.67 bits per heavy atom. The molecule has 4 nitrogen and oxygen atoms in total. The molecule has 1 aliphatic heterocycles. The first-order valence-corrected chi connectivity index (χ1v) is 11.3. The van der Waals surface area contributed by atoms with Crippen molar-refractivity contribution in [2.75, 3.05) is 7.11 Å². The third-order valence-corrected chi connectivity index (χ3v) is 7.09. The maximum Gasteiger partial charge on any atom is 0.266 e. The first kappa shape index (κ1) is 21.2. The van der Waals surface area contributed by atoms with Crippen LogP contribution in [0.25, 0.3) is 17.4 Å². The summed E-state index contributed by atoms with van der Waals surface area (Å²) < 4.78 is 12.4. The van der Waals surface area contributed by atoms with Gasteiger partial charge in [0, 0.05) is 16.1 Å². The van der Waals surface area contributed by atoms with E-state index in [4.69, 9.17) is 33.0 Å². The zero-order valence-corrected chi connectivity index (χ0v) is 19.7. The van der Waals surface area contributed by atoms with Crippen LogP contribution in [-0.4, -0.2) is 22.2 Å². The number of amides is 1. The molecule has 1 saturated heterocycles. The lowest BCUT2D eigenvalue weighted by molar-refractivity contribution is -0.122. The van der Waals surface area contributed by atoms with Crippen molar-refractivity contribution >= 4 is 67.8 Å². The van der Waals surface area contributed by atoms with Crippen molar-refractivity contribution in [1.29, 1.82) is 0 Å². The number of carbonyl (C=O) groups excluding carboxylic acids is 1. The lowest BCUT2D eigenvalue weighted by Gasteiger charge is -2.14. The van der Waals surface area contributed by atoms with Gasteiger partial charge in [-0.25, -0.2) is 0 Å². The number of methoxy groups -OCH3 is 1. The lowest BCUT2D eigenvalue weighted by atomic mass is 10.2. The Labute approximate surface area is 197 Å². The van der Waals surface area contributed by atoms with Crippen LogP contribution in [0.3, 0.4) is 0 Å². The molecule has 2 aromatic carbocycles. The quantitative estimate of drug-likeness (QED) is 0.274. The van der Waals surface area contributed by atoms with Crippen molar-refractivity contribution in [2.24, 2.45) is 0 Å². The van der Waals surface area contributed by atoms with E-state index in [1.807, 2.05) is 54.6 Å². The van der Waals surface area contributed by atoms with E-state index in [0.29, 0.717) is 32.3 Å². The fraction of sp³-hybridized carbons (Fsp3) is 0.0909. The number of rotatable bonds is 5. The third kappa shape index (κ3) is 4.49. The summed E-state index contributed by atoms with van der Waals surface area (Å²) in [5.41, 5.74) is 1.83. The van der Waals surface area contributed by atoms with Gasteiger partial charge in [-0.05, 0) is 57.9 Å². The van der Waals surface area contributed by atoms with Gasteiger partial charge in [0.25, 0.3) is 5.91 Å². The predicted molar refractivity (Wildman–Crippen MR) is 129 cm³/mol. The van der Waals surface area contributed by atoms with E-state index in [9.17, 15) is 4.79 Å². The standard InChI is InChI=1S/C22H15BrClNO3S2/c1-27-15-5-2-13(3-6-15)12-25-21(26)20(30-22(25)29)11-16-7-9-19(28-16)14-4-8-17(23)18(24)10-14/h2-11H,12H2,1H3. The minimum absolute atomic E-state index is 0.134. The Hall–Kier alpha value is -2.06. The number of halogens is 2. The molecular formula is C22H15BrClNO3S2. The van der Waals surface area contributed by atoms with Crippen LogP contribution >= 0.6 is 51.5 Å². The van der Waals surface area contributed by atoms with Gasteiger partial charge >= 0.3 is 0 Å². The molecule has 1 aliphatic rings. The monoisotopic (exact) mass is 519 g/mol. The van der Waals surface area contributed by atoms with Crippen molar-refractivity contribution in [3.63, 3.8) is 0 Å². The van der Waals surface area contributed by atoms with Crippen molar-refractivity contribution < 1.29 is 13.9 Å². The molecule has 0 unspecified atom stereocenters. The van der Waals surface area contributed by atoms with E-state index in [1.165, 1.54) is 11.8 Å². The summed E-state index contributed by atoms with van der Waals surface area (Å²) in [5.74, 6) is 1.88. The largest absolute Gasteiger partial charge is 0.497 e. The van der Waals surface area contributed by atoms with Crippen molar-refractivity contribution in [3.05, 3.63) is 80.3 Å². The Balaban J connectivity index is 1.51. The molecule has 0 atom stereocenters. The van der Waals surface area contributed by atoms with Crippen LogP contribution in [0, 0.1) is 0 Å². The van der Waals surface area contributed by atoms with Crippen molar-refractivity contribution in [1.82, 2.24) is 4.90 Å². The molecule has 3 aromatic rings. The van der Waals surface area contributed by atoms with Crippen LogP contribution in [0.5, 0.6) is 5.75 Å². The van der Waals surface area contributed by atoms with Crippen LogP contribution in [0.1, 0.15) is 11.3 Å². The van der Waals surface area contributed by atoms with Crippen LogP contribution < -0.4 is 4.74 Å². The number of benzene rings is 2. The van der Waals surface area contributed by atoms with Crippen molar-refractivity contribution in [2.45, 2.75) is 6.54 Å². The summed E-state index contributed by atoms with van der Waals surface area (Å²) in [6.07, 6.45) is 1.72. The summed E-state index contributed by atoms with van der Waals surface area (Å²) in [4.78, 5) is 15.0. The average Bonchev–Trinajstić information content (AvgIpc) is 3.31. The van der Waals surface area contributed by atoms with E-state index in [1.54, 1.807) is 18.1 Å². The molecule has 1 aromatic heterocycles. The Bertz CT molecular complexity index is 1160. The summed E-state index contributed by atoms with van der Waals surface area (Å²) in [7, 11) is 1.62. The normalized spacial score (nSPS) is 15.3. The molecule has 30 heavy (non-hydrogen) atoms. The average molecular weight is 521 g/mol. The molecule has 0 aliphatic carbocycles. The van der Waals surface area contributed by atoms with Crippen LogP contribution in [0.15, 0.2) is 68.4 Å². The van der Waals surface area contributed by atoms with Gasteiger partial charge in [0.15, 0.2) is 0 Å². The number of carbonyl (C=O) groups is 1. The smallest absolute Gasteiger partial charge is 0.266 e. The van der Waals surface area contributed by atoms with Gasteiger partial charge in [0.2, 0.25) is 0 Å². The minimum Gasteiger partial charge on any atom is -0.497 e. The van der Waals surface area contributed by atoms with E-state index < -0.39 is 0 Å². The third-order valence-electron chi connectivity index (χ3n) is 4.48. The van der Waals surface area contributed by atoms with Gasteiger partial charge in [-0.3, -0.25) is 9.69 Å². The number of hydrogen-bond acceptors (Lipinski definition) is 5. The highest BCUT2D eigenvalue weighted by Crippen LogP contribution is 2.35. The topological polar surface area (TPSA) is 42.7 Å². The molecule has 2 heterocycles. The number of thioether (sulfide) groups is 1. The molecule has 1 fully saturated rings. The molecule has 1 amide bonds. The molecule has 0 spiro atoms. The molecular weight excluding hydrogens is 506 g/mol. The second kappa shape index (κ2) is 8.98. The maximum atomic E-state index is 12.9. The zero-order chi connectivity index (χ0) is 21.3. The minimum atomic E-state index is -0.134. The van der Waals surface area contributed by atoms with Gasteiger partial charge in [-0.15, -0.1) is 0 Å². The molecule has 0 radical (unpaired) electrons. The molecule has 4 rings (SSSR count). The van der Waals surface area contributed by atoms with E-state index in [-0.39, 0.29) is 5.91 Å². The molecule has 0 N–H and O–H groups in total. The predicted octanol–water partition coefficient (Wildman–Crippen LogP) is 6.77. The zero-order valence-electron chi connectivity index (χ0n) is 15.7. The second-order valence-electron chi connectivity index (χ2n) is 6.45. The highest BCUT2D eigenvalue weighted by Gasteiger charge is 2.32.